The molecular formula is C18H26N4O3. The molecule has 0 aliphatic carbocycles. The van der Waals surface area contributed by atoms with Gasteiger partial charge >= 0.3 is 6.03 Å². The summed E-state index contributed by atoms with van der Waals surface area (Å²) in [7, 11) is 3.23. The number of carbonyl (C=O) groups is 2. The highest BCUT2D eigenvalue weighted by atomic mass is 16.5. The molecule has 1 N–H and O–H groups in total. The van der Waals surface area contributed by atoms with Crippen molar-refractivity contribution in [3.63, 3.8) is 0 Å². The van der Waals surface area contributed by atoms with Gasteiger partial charge in [0, 0.05) is 45.5 Å². The Morgan fingerprint density at radius 1 is 1.12 bits per heavy atom. The number of methoxy groups -OCH3 is 1. The maximum atomic E-state index is 12.6. The Morgan fingerprint density at radius 2 is 1.80 bits per heavy atom. The predicted octanol–water partition coefficient (Wildman–Crippen LogP) is 1.60. The van der Waals surface area contributed by atoms with E-state index in [1.165, 1.54) is 0 Å². The molecule has 3 rings (SSSR count). The molecule has 1 unspecified atom stereocenters. The third kappa shape index (κ3) is 3.86. The number of hydrogen-bond acceptors (Lipinski definition) is 4. The molecule has 3 amide bonds. The van der Waals surface area contributed by atoms with Crippen LogP contribution in [0.5, 0.6) is 5.88 Å². The topological polar surface area (TPSA) is 74.8 Å². The number of pyridine rings is 1. The first-order chi connectivity index (χ1) is 12.1. The number of aromatic nitrogens is 1. The monoisotopic (exact) mass is 346 g/mol. The maximum Gasteiger partial charge on any atom is 0.317 e. The van der Waals surface area contributed by atoms with Crippen LogP contribution in [0, 0.1) is 11.8 Å². The molecule has 0 radical (unpaired) electrons. The molecular weight excluding hydrogens is 320 g/mol. The zero-order chi connectivity index (χ0) is 17.8. The maximum absolute atomic E-state index is 12.6. The van der Waals surface area contributed by atoms with E-state index in [9.17, 15) is 9.59 Å². The standard InChI is InChI=1S/C18H26N4O3/c1-19-18(24)21-8-5-13(6-9-21)15-7-10-22(12-15)17(23)14-3-4-16(25-2)20-11-14/h3-4,11,13,15H,5-10,12H2,1-2H3,(H,19,24). The van der Waals surface area contributed by atoms with Gasteiger partial charge in [-0.2, -0.15) is 0 Å². The minimum absolute atomic E-state index is 0.00804. The predicted molar refractivity (Wildman–Crippen MR) is 93.6 cm³/mol. The Morgan fingerprint density at radius 3 is 2.40 bits per heavy atom. The summed E-state index contributed by atoms with van der Waals surface area (Å²) in [6.07, 6.45) is 4.66. The van der Waals surface area contributed by atoms with Crippen molar-refractivity contribution in [3.05, 3.63) is 23.9 Å². The van der Waals surface area contributed by atoms with Crippen LogP contribution in [0.3, 0.4) is 0 Å². The lowest BCUT2D eigenvalue weighted by atomic mass is 9.84. The molecule has 2 aliphatic rings. The molecule has 1 atom stereocenters. The molecule has 0 spiro atoms. The highest BCUT2D eigenvalue weighted by molar-refractivity contribution is 5.94. The van der Waals surface area contributed by atoms with Crippen LogP contribution in [-0.2, 0) is 0 Å². The zero-order valence-corrected chi connectivity index (χ0v) is 14.9. The van der Waals surface area contributed by atoms with Crippen LogP contribution in [0.15, 0.2) is 18.3 Å². The number of piperidine rings is 1. The molecule has 2 fully saturated rings. The summed E-state index contributed by atoms with van der Waals surface area (Å²) in [5.74, 6) is 1.67. The SMILES string of the molecule is CNC(=O)N1CCC(C2CCN(C(=O)c3ccc(OC)nc3)C2)CC1. The van der Waals surface area contributed by atoms with E-state index in [0.717, 1.165) is 45.4 Å². The normalized spacial score (nSPS) is 21.3. The molecule has 0 saturated carbocycles. The lowest BCUT2D eigenvalue weighted by Gasteiger charge is -2.34. The second-order valence-electron chi connectivity index (χ2n) is 6.77. The molecule has 136 valence electrons. The third-order valence-corrected chi connectivity index (χ3v) is 5.41. The van der Waals surface area contributed by atoms with Gasteiger partial charge in [-0.05, 0) is 37.2 Å². The van der Waals surface area contributed by atoms with Crippen LogP contribution in [0.2, 0.25) is 0 Å². The van der Waals surface area contributed by atoms with Gasteiger partial charge in [0.05, 0.1) is 12.7 Å². The van der Waals surface area contributed by atoms with Gasteiger partial charge in [0.15, 0.2) is 0 Å². The first kappa shape index (κ1) is 17.5. The van der Waals surface area contributed by atoms with Gasteiger partial charge in [-0.25, -0.2) is 9.78 Å². The Balaban J connectivity index is 1.53. The molecule has 0 aromatic carbocycles. The number of nitrogens with zero attached hydrogens (tertiary/aromatic N) is 3. The highest BCUT2D eigenvalue weighted by Gasteiger charge is 2.34. The summed E-state index contributed by atoms with van der Waals surface area (Å²) in [4.78, 5) is 32.2. The number of carbonyl (C=O) groups excluding carboxylic acids is 2. The van der Waals surface area contributed by atoms with Gasteiger partial charge in [0.25, 0.3) is 5.91 Å². The molecule has 3 heterocycles. The number of amides is 3. The fraction of sp³-hybridized carbons (Fsp3) is 0.611. The van der Waals surface area contributed by atoms with Crippen molar-refractivity contribution in [2.24, 2.45) is 11.8 Å². The van der Waals surface area contributed by atoms with E-state index in [0.29, 0.717) is 23.3 Å². The van der Waals surface area contributed by atoms with E-state index in [-0.39, 0.29) is 11.9 Å². The van der Waals surface area contributed by atoms with Crippen molar-refractivity contribution in [3.8, 4) is 5.88 Å². The van der Waals surface area contributed by atoms with Crippen LogP contribution in [0.25, 0.3) is 0 Å². The molecule has 25 heavy (non-hydrogen) atoms. The summed E-state index contributed by atoms with van der Waals surface area (Å²) >= 11 is 0. The average molecular weight is 346 g/mol. The summed E-state index contributed by atoms with van der Waals surface area (Å²) in [6.45, 7) is 3.20. The van der Waals surface area contributed by atoms with Crippen molar-refractivity contribution in [1.29, 1.82) is 0 Å². The van der Waals surface area contributed by atoms with Gasteiger partial charge < -0.3 is 19.9 Å². The molecule has 1 aromatic heterocycles. The average Bonchev–Trinajstić information content (AvgIpc) is 3.17. The Labute approximate surface area is 148 Å². The summed E-state index contributed by atoms with van der Waals surface area (Å²) < 4.78 is 5.04. The van der Waals surface area contributed by atoms with E-state index in [1.54, 1.807) is 32.5 Å². The number of urea groups is 1. The third-order valence-electron chi connectivity index (χ3n) is 5.41. The lowest BCUT2D eigenvalue weighted by Crippen LogP contribution is -2.44. The van der Waals surface area contributed by atoms with Crippen molar-refractivity contribution in [1.82, 2.24) is 20.1 Å². The second kappa shape index (κ2) is 7.72. The summed E-state index contributed by atoms with van der Waals surface area (Å²) in [5.41, 5.74) is 0.607. The van der Waals surface area contributed by atoms with E-state index in [1.807, 2.05) is 9.80 Å². The van der Waals surface area contributed by atoms with E-state index < -0.39 is 0 Å². The second-order valence-corrected chi connectivity index (χ2v) is 6.77. The van der Waals surface area contributed by atoms with E-state index in [2.05, 4.69) is 10.3 Å². The minimum Gasteiger partial charge on any atom is -0.481 e. The van der Waals surface area contributed by atoms with Crippen LogP contribution in [0.4, 0.5) is 4.79 Å². The fourth-order valence-electron chi connectivity index (χ4n) is 3.90. The van der Waals surface area contributed by atoms with Crippen molar-refractivity contribution < 1.29 is 14.3 Å². The molecule has 2 aliphatic heterocycles. The number of nitrogens with one attached hydrogen (secondary N) is 1. The Kier molecular flexibility index (Phi) is 5.40. The van der Waals surface area contributed by atoms with E-state index >= 15 is 0 Å². The number of ether oxygens (including phenoxy) is 1. The zero-order valence-electron chi connectivity index (χ0n) is 14.9. The Hall–Kier alpha value is -2.31. The van der Waals surface area contributed by atoms with Gasteiger partial charge in [-0.3, -0.25) is 4.79 Å². The largest absolute Gasteiger partial charge is 0.481 e. The van der Waals surface area contributed by atoms with Crippen LogP contribution < -0.4 is 10.1 Å². The number of likely N-dealkylation sites (tertiary alicyclic amines) is 2. The molecule has 2 saturated heterocycles. The van der Waals surface area contributed by atoms with Crippen LogP contribution >= 0.6 is 0 Å². The highest BCUT2D eigenvalue weighted by Crippen LogP contribution is 2.32. The quantitative estimate of drug-likeness (QED) is 0.902. The molecule has 1 aromatic rings. The minimum atomic E-state index is 0.00804. The molecule has 7 nitrogen and oxygen atoms in total. The number of hydrogen-bond donors (Lipinski definition) is 1. The number of rotatable bonds is 3. The van der Waals surface area contributed by atoms with Gasteiger partial charge in [0.2, 0.25) is 5.88 Å². The molecule has 0 bridgehead atoms. The van der Waals surface area contributed by atoms with Gasteiger partial charge in [0.1, 0.15) is 0 Å². The van der Waals surface area contributed by atoms with Crippen LogP contribution in [0.1, 0.15) is 29.6 Å². The van der Waals surface area contributed by atoms with Gasteiger partial charge in [-0.15, -0.1) is 0 Å². The fourth-order valence-corrected chi connectivity index (χ4v) is 3.90. The van der Waals surface area contributed by atoms with Gasteiger partial charge in [-0.1, -0.05) is 0 Å². The van der Waals surface area contributed by atoms with Crippen molar-refractivity contribution in [2.75, 3.05) is 40.3 Å². The summed E-state index contributed by atoms with van der Waals surface area (Å²) in [5, 5.41) is 2.69. The van der Waals surface area contributed by atoms with Crippen molar-refractivity contribution in [2.45, 2.75) is 19.3 Å². The van der Waals surface area contributed by atoms with Crippen LogP contribution in [-0.4, -0.2) is 67.1 Å². The first-order valence-electron chi connectivity index (χ1n) is 8.88. The summed E-state index contributed by atoms with van der Waals surface area (Å²) in [6, 6.07) is 3.49. The van der Waals surface area contributed by atoms with E-state index in [4.69, 9.17) is 4.74 Å². The lowest BCUT2D eigenvalue weighted by molar-refractivity contribution is 0.0776. The smallest absolute Gasteiger partial charge is 0.317 e. The first-order valence-corrected chi connectivity index (χ1v) is 8.88. The van der Waals surface area contributed by atoms with Crippen molar-refractivity contribution >= 4 is 11.9 Å². The molecule has 7 heteroatoms. The Bertz CT molecular complexity index is 611.